The summed E-state index contributed by atoms with van der Waals surface area (Å²) in [7, 11) is 0. The highest BCUT2D eigenvalue weighted by Gasteiger charge is 2.51. The molecule has 1 unspecified atom stereocenters. The number of nitrogens with one attached hydrogen (secondary N) is 1. The lowest BCUT2D eigenvalue weighted by Crippen LogP contribution is -2.50. The zero-order valence-corrected chi connectivity index (χ0v) is 22.1. The lowest BCUT2D eigenvalue weighted by atomic mass is 9.53. The molecule has 4 saturated carbocycles. The number of anilines is 1. The zero-order chi connectivity index (χ0) is 21.4. The minimum absolute atomic E-state index is 0. The van der Waals surface area contributed by atoms with E-state index in [0.717, 1.165) is 46.6 Å². The van der Waals surface area contributed by atoms with Crippen molar-refractivity contribution < 1.29 is 4.79 Å². The number of unbranched alkanes of at least 4 members (excludes halogenated alkanes) is 1. The van der Waals surface area contributed by atoms with Gasteiger partial charge in [0.15, 0.2) is 5.17 Å². The Hall–Kier alpha value is -0.720. The number of hydrogen-bond acceptors (Lipinski definition) is 3. The molecule has 4 aliphatic carbocycles. The van der Waals surface area contributed by atoms with Crippen LogP contribution < -0.4 is 5.32 Å². The number of rotatable bonds is 7. The van der Waals surface area contributed by atoms with E-state index in [2.05, 4.69) is 33.1 Å². The van der Waals surface area contributed by atoms with Gasteiger partial charge in [-0.25, -0.2) is 0 Å². The van der Waals surface area contributed by atoms with Gasteiger partial charge in [0.25, 0.3) is 0 Å². The van der Waals surface area contributed by atoms with E-state index in [1.54, 1.807) is 0 Å². The van der Waals surface area contributed by atoms with Crippen molar-refractivity contribution in [1.82, 2.24) is 4.90 Å². The molecule has 1 N–H and O–H groups in total. The van der Waals surface area contributed by atoms with Crippen molar-refractivity contribution in [3.63, 3.8) is 0 Å². The van der Waals surface area contributed by atoms with Crippen LogP contribution in [0.4, 0.5) is 5.69 Å². The molecule has 1 aliphatic heterocycles. The van der Waals surface area contributed by atoms with Crippen LogP contribution in [0.5, 0.6) is 0 Å². The Kier molecular flexibility index (Phi) is 7.83. The molecule has 0 radical (unpaired) electrons. The second-order valence-corrected chi connectivity index (χ2v) is 12.2. The van der Waals surface area contributed by atoms with Crippen LogP contribution in [-0.4, -0.2) is 39.9 Å². The zero-order valence-electron chi connectivity index (χ0n) is 18.9. The van der Waals surface area contributed by atoms with E-state index in [1.165, 1.54) is 50.1 Å². The number of halogens is 2. The fourth-order valence-corrected chi connectivity index (χ4v) is 8.30. The summed E-state index contributed by atoms with van der Waals surface area (Å²) in [4.78, 5) is 20.8. The van der Waals surface area contributed by atoms with Gasteiger partial charge in [0.1, 0.15) is 0 Å². The van der Waals surface area contributed by atoms with E-state index >= 15 is 0 Å². The molecule has 5 aliphatic rings. The van der Waals surface area contributed by atoms with Gasteiger partial charge in [-0.05, 0) is 87.0 Å². The number of thioether (sulfide) groups is 1. The summed E-state index contributed by atoms with van der Waals surface area (Å²) in [6, 6.07) is 8.07. The first-order chi connectivity index (χ1) is 15.0. The summed E-state index contributed by atoms with van der Waals surface area (Å²) in [5.41, 5.74) is 1.07. The second-order valence-electron chi connectivity index (χ2n) is 10.3. The van der Waals surface area contributed by atoms with E-state index in [4.69, 9.17) is 4.99 Å². The summed E-state index contributed by atoms with van der Waals surface area (Å²) in [5.74, 6) is 3.82. The molecule has 6 rings (SSSR count). The van der Waals surface area contributed by atoms with Gasteiger partial charge in [-0.15, -0.1) is 12.4 Å². The third-order valence-corrected chi connectivity index (χ3v) is 9.40. The molecule has 5 fully saturated rings. The van der Waals surface area contributed by atoms with Crippen LogP contribution in [0, 0.1) is 17.8 Å². The fourth-order valence-electron chi connectivity index (χ4n) is 6.74. The number of amides is 1. The summed E-state index contributed by atoms with van der Waals surface area (Å²) in [6.45, 7) is 3.26. The quantitative estimate of drug-likeness (QED) is 0.416. The highest BCUT2D eigenvalue weighted by Crippen LogP contribution is 2.57. The largest absolute Gasteiger partial charge is 0.347 e. The Bertz CT molecular complexity index is 811. The van der Waals surface area contributed by atoms with E-state index < -0.39 is 0 Å². The topological polar surface area (TPSA) is 44.7 Å². The maximum Gasteiger partial charge on any atom is 0.226 e. The van der Waals surface area contributed by atoms with Gasteiger partial charge < -0.3 is 10.2 Å². The van der Waals surface area contributed by atoms with Gasteiger partial charge in [-0.1, -0.05) is 41.0 Å². The summed E-state index contributed by atoms with van der Waals surface area (Å²) in [6.07, 6.45) is 11.1. The van der Waals surface area contributed by atoms with Gasteiger partial charge in [-0.3, -0.25) is 9.79 Å². The number of carbonyl (C=O) groups is 1. The number of nitrogens with zero attached hydrogens (tertiary/aromatic N) is 2. The maximum atomic E-state index is 12.8. The maximum absolute atomic E-state index is 12.8. The molecular formula is C25H35BrClN3OS. The van der Waals surface area contributed by atoms with Crippen LogP contribution in [0.15, 0.2) is 33.7 Å². The average Bonchev–Trinajstić information content (AvgIpc) is 3.07. The molecule has 1 heterocycles. The van der Waals surface area contributed by atoms with Gasteiger partial charge in [0, 0.05) is 34.9 Å². The van der Waals surface area contributed by atoms with Gasteiger partial charge in [-0.2, -0.15) is 0 Å². The molecular weight excluding hydrogens is 506 g/mol. The van der Waals surface area contributed by atoms with Crippen molar-refractivity contribution in [3.8, 4) is 0 Å². The monoisotopic (exact) mass is 539 g/mol. The van der Waals surface area contributed by atoms with Crippen molar-refractivity contribution in [2.24, 2.45) is 22.7 Å². The summed E-state index contributed by atoms with van der Waals surface area (Å²) in [5, 5.41) is 4.31. The Morgan fingerprint density at radius 2 is 1.78 bits per heavy atom. The van der Waals surface area contributed by atoms with Crippen molar-refractivity contribution in [2.75, 3.05) is 17.6 Å². The summed E-state index contributed by atoms with van der Waals surface area (Å²) >= 11 is 5.35. The first kappa shape index (κ1) is 24.4. The Labute approximate surface area is 211 Å². The molecule has 1 aromatic carbocycles. The highest BCUT2D eigenvalue weighted by atomic mass is 79.9. The number of carbonyl (C=O) groups excluding carboxylic acids is 1. The molecule has 7 heteroatoms. The molecule has 4 nitrogen and oxygen atoms in total. The number of aliphatic imine (C=N–C) groups is 1. The Morgan fingerprint density at radius 1 is 1.16 bits per heavy atom. The van der Waals surface area contributed by atoms with Crippen LogP contribution in [-0.2, 0) is 4.79 Å². The van der Waals surface area contributed by atoms with E-state index in [-0.39, 0.29) is 29.9 Å². The molecule has 0 spiro atoms. The van der Waals surface area contributed by atoms with Crippen LogP contribution in [0.1, 0.15) is 64.7 Å². The molecule has 1 atom stereocenters. The lowest BCUT2D eigenvalue weighted by Gasteiger charge is -2.55. The summed E-state index contributed by atoms with van der Waals surface area (Å²) < 4.78 is 1.02. The number of benzene rings is 1. The van der Waals surface area contributed by atoms with E-state index in [0.29, 0.717) is 6.42 Å². The fraction of sp³-hybridized carbons (Fsp3) is 0.680. The van der Waals surface area contributed by atoms with Crippen LogP contribution in [0.25, 0.3) is 0 Å². The van der Waals surface area contributed by atoms with Crippen molar-refractivity contribution >= 4 is 56.9 Å². The number of hydrogen-bond donors (Lipinski definition) is 1. The lowest BCUT2D eigenvalue weighted by molar-refractivity contribution is -0.116. The molecule has 0 aromatic heterocycles. The van der Waals surface area contributed by atoms with Crippen LogP contribution in [0.3, 0.4) is 0 Å². The number of amidine groups is 1. The van der Waals surface area contributed by atoms with Gasteiger partial charge in [0.2, 0.25) is 5.91 Å². The minimum atomic E-state index is 0. The molecule has 1 saturated heterocycles. The van der Waals surface area contributed by atoms with Crippen molar-refractivity contribution in [2.45, 2.75) is 76.3 Å². The molecule has 1 amide bonds. The standard InChI is InChI=1S/C25H34BrN3OS.ClH/c1-2-3-8-29-22(12-23(30)27-21-6-4-20(26)5-7-21)16-31-24(29)28-25-13-17-9-18(14-25)11-19(10-17)15-25;/h4-7,17-19,22H,2-3,8-16H2,1H3,(H,27,30);1H. The third kappa shape index (κ3) is 5.33. The first-order valence-corrected chi connectivity index (χ1v) is 13.8. The smallest absolute Gasteiger partial charge is 0.226 e. The van der Waals surface area contributed by atoms with Gasteiger partial charge >= 0.3 is 0 Å². The third-order valence-electron chi connectivity index (χ3n) is 7.73. The molecule has 32 heavy (non-hydrogen) atoms. The normalized spacial score (nSPS) is 34.1. The Balaban J connectivity index is 0.00000245. The molecule has 4 bridgehead atoms. The van der Waals surface area contributed by atoms with Crippen LogP contribution >= 0.6 is 40.1 Å². The van der Waals surface area contributed by atoms with Crippen molar-refractivity contribution in [3.05, 3.63) is 28.7 Å². The Morgan fingerprint density at radius 3 is 2.38 bits per heavy atom. The average molecular weight is 541 g/mol. The molecule has 176 valence electrons. The van der Waals surface area contributed by atoms with E-state index in [1.807, 2.05) is 36.0 Å². The minimum Gasteiger partial charge on any atom is -0.347 e. The predicted octanol–water partition coefficient (Wildman–Crippen LogP) is 6.74. The van der Waals surface area contributed by atoms with E-state index in [9.17, 15) is 4.79 Å². The SMILES string of the molecule is CCCCN1C(=NC23CC4CC(CC(C4)C2)C3)SCC1CC(=O)Nc1ccc(Br)cc1.Cl. The second kappa shape index (κ2) is 10.3. The first-order valence-electron chi connectivity index (χ1n) is 12.1. The van der Waals surface area contributed by atoms with Crippen LogP contribution in [0.2, 0.25) is 0 Å². The van der Waals surface area contributed by atoms with Gasteiger partial charge in [0.05, 0.1) is 5.54 Å². The highest BCUT2D eigenvalue weighted by molar-refractivity contribution is 9.10. The van der Waals surface area contributed by atoms with Crippen molar-refractivity contribution in [1.29, 1.82) is 0 Å². The predicted molar refractivity (Wildman–Crippen MR) is 141 cm³/mol. The molecule has 1 aromatic rings.